The summed E-state index contributed by atoms with van der Waals surface area (Å²) >= 11 is 0. The topological polar surface area (TPSA) is 3.24 Å². The molecule has 106 valence electrons. The van der Waals surface area contributed by atoms with E-state index in [1.807, 2.05) is 0 Å². The van der Waals surface area contributed by atoms with E-state index in [9.17, 15) is 0 Å². The smallest absolute Gasteiger partial charge is 0.0863 e. The van der Waals surface area contributed by atoms with Gasteiger partial charge in [0.1, 0.15) is 0 Å². The molecule has 3 aliphatic rings. The van der Waals surface area contributed by atoms with Crippen LogP contribution in [0.1, 0.15) is 19.4 Å². The van der Waals surface area contributed by atoms with Crippen LogP contribution >= 0.6 is 0 Å². The quantitative estimate of drug-likeness (QED) is 0.635. The zero-order valence-electron chi connectivity index (χ0n) is 12.9. The average Bonchev–Trinajstić information content (AvgIpc) is 2.67. The van der Waals surface area contributed by atoms with E-state index in [4.69, 9.17) is 0 Å². The van der Waals surface area contributed by atoms with Crippen molar-refractivity contribution in [3.63, 3.8) is 0 Å². The van der Waals surface area contributed by atoms with Gasteiger partial charge in [-0.3, -0.25) is 0 Å². The SMILES string of the molecule is CN1c2ccccc2C(C)(C)C12C=CC1C=CC=CC1=C2. The number of likely N-dealkylation sites (N-methyl/N-ethyl adjacent to an activating group) is 1. The number of benzene rings is 1. The van der Waals surface area contributed by atoms with E-state index in [0.717, 1.165) is 0 Å². The van der Waals surface area contributed by atoms with Crippen LogP contribution in [0.2, 0.25) is 0 Å². The van der Waals surface area contributed by atoms with Crippen molar-refractivity contribution >= 4 is 5.69 Å². The van der Waals surface area contributed by atoms with Crippen molar-refractivity contribution in [2.75, 3.05) is 11.9 Å². The highest BCUT2D eigenvalue weighted by Gasteiger charge is 2.53. The summed E-state index contributed by atoms with van der Waals surface area (Å²) < 4.78 is 0. The summed E-state index contributed by atoms with van der Waals surface area (Å²) in [5.74, 6) is 0.438. The number of nitrogens with zero attached hydrogens (tertiary/aromatic N) is 1. The summed E-state index contributed by atoms with van der Waals surface area (Å²) in [6.45, 7) is 4.72. The van der Waals surface area contributed by atoms with Gasteiger partial charge in [-0.1, -0.05) is 74.6 Å². The lowest BCUT2D eigenvalue weighted by Crippen LogP contribution is -2.52. The molecule has 2 unspecified atom stereocenters. The summed E-state index contributed by atoms with van der Waals surface area (Å²) in [5, 5.41) is 0. The molecule has 4 rings (SSSR count). The Kier molecular flexibility index (Phi) is 2.42. The van der Waals surface area contributed by atoms with Gasteiger partial charge in [0.25, 0.3) is 0 Å². The minimum Gasteiger partial charge on any atom is -0.361 e. The lowest BCUT2D eigenvalue weighted by atomic mass is 9.66. The zero-order chi connectivity index (χ0) is 14.7. The lowest BCUT2D eigenvalue weighted by molar-refractivity contribution is 0.393. The van der Waals surface area contributed by atoms with Crippen LogP contribution in [0.15, 0.2) is 72.4 Å². The van der Waals surface area contributed by atoms with E-state index in [-0.39, 0.29) is 11.0 Å². The van der Waals surface area contributed by atoms with Crippen LogP contribution in [-0.4, -0.2) is 12.6 Å². The third-order valence-corrected chi connectivity index (χ3v) is 5.54. The van der Waals surface area contributed by atoms with Crippen LogP contribution in [0.4, 0.5) is 5.69 Å². The van der Waals surface area contributed by atoms with Gasteiger partial charge < -0.3 is 4.90 Å². The number of hydrogen-bond acceptors (Lipinski definition) is 1. The highest BCUT2D eigenvalue weighted by Crippen LogP contribution is 2.54. The molecule has 1 aliphatic heterocycles. The Labute approximate surface area is 127 Å². The van der Waals surface area contributed by atoms with Gasteiger partial charge in [-0.15, -0.1) is 0 Å². The number of para-hydroxylation sites is 1. The molecule has 0 bridgehead atoms. The lowest BCUT2D eigenvalue weighted by Gasteiger charge is -2.45. The highest BCUT2D eigenvalue weighted by atomic mass is 15.2. The van der Waals surface area contributed by atoms with E-state index in [1.165, 1.54) is 16.8 Å². The molecule has 1 aromatic rings. The number of fused-ring (bicyclic) bond motifs is 2. The number of allylic oxidation sites excluding steroid dienone is 6. The first-order chi connectivity index (χ1) is 10.1. The zero-order valence-corrected chi connectivity index (χ0v) is 12.9. The molecule has 0 saturated heterocycles. The van der Waals surface area contributed by atoms with Crippen molar-refractivity contribution in [2.24, 2.45) is 5.92 Å². The Morgan fingerprint density at radius 1 is 1.05 bits per heavy atom. The highest BCUT2D eigenvalue weighted by molar-refractivity contribution is 5.71. The normalized spacial score (nSPS) is 31.3. The van der Waals surface area contributed by atoms with Gasteiger partial charge in [-0.05, 0) is 17.2 Å². The van der Waals surface area contributed by atoms with Crippen LogP contribution < -0.4 is 4.90 Å². The van der Waals surface area contributed by atoms with Crippen LogP contribution in [0.25, 0.3) is 0 Å². The monoisotopic (exact) mass is 275 g/mol. The minimum atomic E-state index is -0.0714. The van der Waals surface area contributed by atoms with E-state index in [2.05, 4.69) is 92.6 Å². The van der Waals surface area contributed by atoms with Gasteiger partial charge >= 0.3 is 0 Å². The maximum atomic E-state index is 2.47. The second-order valence-electron chi connectivity index (χ2n) is 6.80. The number of anilines is 1. The summed E-state index contributed by atoms with van der Waals surface area (Å²) in [7, 11) is 2.22. The predicted molar refractivity (Wildman–Crippen MR) is 89.6 cm³/mol. The van der Waals surface area contributed by atoms with Crippen LogP contribution in [0.5, 0.6) is 0 Å². The van der Waals surface area contributed by atoms with Crippen molar-refractivity contribution in [3.05, 3.63) is 77.9 Å². The maximum absolute atomic E-state index is 2.47. The van der Waals surface area contributed by atoms with Crippen LogP contribution in [0.3, 0.4) is 0 Å². The number of rotatable bonds is 0. The van der Waals surface area contributed by atoms with E-state index < -0.39 is 0 Å². The third-order valence-electron chi connectivity index (χ3n) is 5.54. The maximum Gasteiger partial charge on any atom is 0.0863 e. The van der Waals surface area contributed by atoms with Gasteiger partial charge in [0.05, 0.1) is 5.54 Å². The molecule has 1 nitrogen and oxygen atoms in total. The van der Waals surface area contributed by atoms with Crippen LogP contribution in [-0.2, 0) is 5.41 Å². The van der Waals surface area contributed by atoms with Gasteiger partial charge in [0.15, 0.2) is 0 Å². The summed E-state index contributed by atoms with van der Waals surface area (Å²) in [6, 6.07) is 8.80. The first kappa shape index (κ1) is 12.7. The predicted octanol–water partition coefficient (Wildman–Crippen LogP) is 4.39. The van der Waals surface area contributed by atoms with Gasteiger partial charge in [0.2, 0.25) is 0 Å². The van der Waals surface area contributed by atoms with E-state index >= 15 is 0 Å². The van der Waals surface area contributed by atoms with Gasteiger partial charge in [0, 0.05) is 24.1 Å². The van der Waals surface area contributed by atoms with Crippen molar-refractivity contribution in [2.45, 2.75) is 24.8 Å². The second-order valence-corrected chi connectivity index (χ2v) is 6.80. The molecule has 0 amide bonds. The Balaban J connectivity index is 1.92. The fourth-order valence-electron chi connectivity index (χ4n) is 4.17. The summed E-state index contributed by atoms with van der Waals surface area (Å²) in [4.78, 5) is 2.44. The molecule has 2 aliphatic carbocycles. The molecule has 0 radical (unpaired) electrons. The van der Waals surface area contributed by atoms with Crippen LogP contribution in [0, 0.1) is 5.92 Å². The molecule has 1 aromatic carbocycles. The van der Waals surface area contributed by atoms with E-state index in [0.29, 0.717) is 5.92 Å². The summed E-state index contributed by atoms with van der Waals surface area (Å²) in [6.07, 6.45) is 16.0. The Bertz CT molecular complexity index is 717. The fourth-order valence-corrected chi connectivity index (χ4v) is 4.17. The Morgan fingerprint density at radius 3 is 2.67 bits per heavy atom. The standard InChI is InChI=1S/C20H21N/c1-19(2)17-10-6-7-11-18(17)21(3)20(19)13-12-15-8-4-5-9-16(15)14-20/h4-15H,1-3H3. The first-order valence-electron chi connectivity index (χ1n) is 7.67. The van der Waals surface area contributed by atoms with Crippen molar-refractivity contribution in [1.29, 1.82) is 0 Å². The van der Waals surface area contributed by atoms with Crippen molar-refractivity contribution in [3.8, 4) is 0 Å². The minimum absolute atomic E-state index is 0.0574. The molecule has 1 heterocycles. The average molecular weight is 275 g/mol. The molecule has 0 N–H and O–H groups in total. The molecule has 1 spiro atoms. The second kappa shape index (κ2) is 4.00. The van der Waals surface area contributed by atoms with Crippen molar-refractivity contribution < 1.29 is 0 Å². The molecule has 0 fully saturated rings. The van der Waals surface area contributed by atoms with E-state index in [1.54, 1.807) is 0 Å². The molecule has 21 heavy (non-hydrogen) atoms. The fraction of sp³-hybridized carbons (Fsp3) is 0.300. The molecule has 1 heteroatoms. The summed E-state index contributed by atoms with van der Waals surface area (Å²) in [5.41, 5.74) is 4.17. The first-order valence-corrected chi connectivity index (χ1v) is 7.67. The van der Waals surface area contributed by atoms with Crippen molar-refractivity contribution in [1.82, 2.24) is 0 Å². The molecule has 2 atom stereocenters. The molecule has 0 saturated carbocycles. The molecular weight excluding hydrogens is 254 g/mol. The Hall–Kier alpha value is -2.02. The third kappa shape index (κ3) is 1.47. The molecule has 0 aromatic heterocycles. The largest absolute Gasteiger partial charge is 0.361 e. The number of hydrogen-bond donors (Lipinski definition) is 0. The molecular formula is C20H21N. The van der Waals surface area contributed by atoms with Gasteiger partial charge in [-0.2, -0.15) is 0 Å². The van der Waals surface area contributed by atoms with Gasteiger partial charge in [-0.25, -0.2) is 0 Å². The Morgan fingerprint density at radius 2 is 1.86 bits per heavy atom.